The lowest BCUT2D eigenvalue weighted by atomic mass is 9.80. The number of carboxylic acids is 1. The Labute approximate surface area is 167 Å². The first-order chi connectivity index (χ1) is 12.5. The largest absolute Gasteiger partial charge is 0.481 e. The Hall–Kier alpha value is -1.79. The second kappa shape index (κ2) is 9.42. The molecule has 1 aromatic carbocycles. The van der Waals surface area contributed by atoms with Gasteiger partial charge in [0.1, 0.15) is 0 Å². The summed E-state index contributed by atoms with van der Waals surface area (Å²) in [5.74, 6) is -0.0649. The Morgan fingerprint density at radius 1 is 1.26 bits per heavy atom. The highest BCUT2D eigenvalue weighted by Gasteiger charge is 2.44. The molecule has 0 aromatic heterocycles. The smallest absolute Gasteiger partial charge is 0.318 e. The topological polar surface area (TPSA) is 81.7 Å². The summed E-state index contributed by atoms with van der Waals surface area (Å²) in [6, 6.07) is 8.11. The molecule has 2 fully saturated rings. The number of halogens is 1. The number of amides is 2. The summed E-state index contributed by atoms with van der Waals surface area (Å²) >= 11 is 0. The second-order valence-corrected chi connectivity index (χ2v) is 7.57. The highest BCUT2D eigenvalue weighted by molar-refractivity contribution is 5.85. The molecule has 7 heteroatoms. The van der Waals surface area contributed by atoms with Crippen molar-refractivity contribution in [1.29, 1.82) is 0 Å². The summed E-state index contributed by atoms with van der Waals surface area (Å²) in [6.07, 6.45) is 5.14. The molecule has 2 aliphatic rings. The maximum Gasteiger partial charge on any atom is 0.318 e. The first kappa shape index (κ1) is 21.5. The van der Waals surface area contributed by atoms with Gasteiger partial charge in [-0.05, 0) is 62.2 Å². The molecule has 150 valence electrons. The highest BCUT2D eigenvalue weighted by Crippen LogP contribution is 2.37. The zero-order chi connectivity index (χ0) is 18.6. The zero-order valence-electron chi connectivity index (χ0n) is 15.9. The van der Waals surface area contributed by atoms with Crippen LogP contribution in [0, 0.1) is 5.92 Å². The molecule has 2 aliphatic heterocycles. The van der Waals surface area contributed by atoms with E-state index in [0.717, 1.165) is 37.1 Å². The highest BCUT2D eigenvalue weighted by atomic mass is 35.5. The molecular formula is C20H30ClN3O3. The van der Waals surface area contributed by atoms with Gasteiger partial charge in [-0.15, -0.1) is 12.4 Å². The van der Waals surface area contributed by atoms with Crippen molar-refractivity contribution in [2.45, 2.75) is 44.1 Å². The van der Waals surface area contributed by atoms with Crippen LogP contribution in [0.25, 0.3) is 0 Å². The number of carboxylic acid groups (broad SMARTS) is 1. The predicted octanol–water partition coefficient (Wildman–Crippen LogP) is 2.76. The summed E-state index contributed by atoms with van der Waals surface area (Å²) in [6.45, 7) is 2.80. The van der Waals surface area contributed by atoms with Crippen LogP contribution in [0.3, 0.4) is 0 Å². The molecule has 1 aromatic rings. The third-order valence-corrected chi connectivity index (χ3v) is 6.02. The lowest BCUT2D eigenvalue weighted by Gasteiger charge is -2.37. The maximum absolute atomic E-state index is 12.2. The Bertz CT molecular complexity index is 646. The molecule has 0 spiro atoms. The van der Waals surface area contributed by atoms with E-state index in [9.17, 15) is 9.59 Å². The third kappa shape index (κ3) is 4.93. The number of rotatable bonds is 7. The van der Waals surface area contributed by atoms with Gasteiger partial charge in [-0.3, -0.25) is 4.79 Å². The number of benzene rings is 1. The fourth-order valence-corrected chi connectivity index (χ4v) is 4.20. The van der Waals surface area contributed by atoms with Gasteiger partial charge in [-0.1, -0.05) is 24.3 Å². The van der Waals surface area contributed by atoms with Crippen LogP contribution in [-0.2, 0) is 16.8 Å². The number of aryl methyl sites for hydroxylation is 1. The number of likely N-dealkylation sites (N-methyl/N-ethyl adjacent to an activating group) is 1. The van der Waals surface area contributed by atoms with Gasteiger partial charge in [-0.2, -0.15) is 0 Å². The quantitative estimate of drug-likeness (QED) is 0.663. The van der Waals surface area contributed by atoms with Crippen LogP contribution in [0.2, 0.25) is 0 Å². The molecule has 27 heavy (non-hydrogen) atoms. The van der Waals surface area contributed by atoms with Crippen molar-refractivity contribution < 1.29 is 14.7 Å². The summed E-state index contributed by atoms with van der Waals surface area (Å²) in [4.78, 5) is 24.8. The van der Waals surface area contributed by atoms with Gasteiger partial charge in [0.05, 0.1) is 5.54 Å². The number of hydrogen-bond acceptors (Lipinski definition) is 3. The van der Waals surface area contributed by atoms with Crippen LogP contribution in [0.1, 0.15) is 43.2 Å². The lowest BCUT2D eigenvalue weighted by Crippen LogP contribution is -2.42. The fourth-order valence-electron chi connectivity index (χ4n) is 4.20. The Balaban J connectivity index is 0.00000261. The van der Waals surface area contributed by atoms with E-state index in [0.29, 0.717) is 18.9 Å². The summed E-state index contributed by atoms with van der Waals surface area (Å²) in [5, 5.41) is 15.2. The molecular weight excluding hydrogens is 366 g/mol. The number of carbonyl (C=O) groups excluding carboxylic acids is 1. The van der Waals surface area contributed by atoms with Gasteiger partial charge < -0.3 is 20.6 Å². The maximum atomic E-state index is 12.2. The number of nitrogens with one attached hydrogen (secondary N) is 2. The van der Waals surface area contributed by atoms with Gasteiger partial charge in [0.15, 0.2) is 0 Å². The Morgan fingerprint density at radius 2 is 1.93 bits per heavy atom. The zero-order valence-corrected chi connectivity index (χ0v) is 16.7. The van der Waals surface area contributed by atoms with Crippen molar-refractivity contribution in [2.75, 3.05) is 26.7 Å². The van der Waals surface area contributed by atoms with Crippen LogP contribution >= 0.6 is 12.4 Å². The lowest BCUT2D eigenvalue weighted by molar-refractivity contribution is -0.136. The van der Waals surface area contributed by atoms with Crippen LogP contribution in [0.15, 0.2) is 24.3 Å². The number of piperidine rings is 1. The molecule has 2 heterocycles. The van der Waals surface area contributed by atoms with Gasteiger partial charge >= 0.3 is 12.0 Å². The minimum atomic E-state index is -0.780. The molecule has 1 unspecified atom stereocenters. The van der Waals surface area contributed by atoms with E-state index in [4.69, 9.17) is 5.11 Å². The van der Waals surface area contributed by atoms with Gasteiger partial charge in [0.25, 0.3) is 0 Å². The molecule has 3 N–H and O–H groups in total. The Morgan fingerprint density at radius 3 is 2.48 bits per heavy atom. The molecule has 0 aliphatic carbocycles. The van der Waals surface area contributed by atoms with Crippen LogP contribution in [0.4, 0.5) is 4.79 Å². The van der Waals surface area contributed by atoms with E-state index in [1.807, 2.05) is 24.1 Å². The van der Waals surface area contributed by atoms with Gasteiger partial charge in [0, 0.05) is 20.0 Å². The van der Waals surface area contributed by atoms with Crippen LogP contribution < -0.4 is 10.6 Å². The summed E-state index contributed by atoms with van der Waals surface area (Å²) in [7, 11) is 1.88. The van der Waals surface area contributed by atoms with Crippen molar-refractivity contribution in [3.05, 3.63) is 35.4 Å². The molecule has 2 amide bonds. The molecule has 1 atom stereocenters. The first-order valence-corrected chi connectivity index (χ1v) is 9.55. The van der Waals surface area contributed by atoms with Crippen molar-refractivity contribution >= 4 is 24.4 Å². The monoisotopic (exact) mass is 395 g/mol. The third-order valence-electron chi connectivity index (χ3n) is 6.02. The molecule has 0 saturated carbocycles. The number of aliphatic carboxylic acids is 1. The molecule has 0 bridgehead atoms. The fraction of sp³-hybridized carbons (Fsp3) is 0.600. The molecule has 2 saturated heterocycles. The molecule has 3 rings (SSSR count). The van der Waals surface area contributed by atoms with E-state index in [-0.39, 0.29) is 30.4 Å². The average molecular weight is 396 g/mol. The minimum Gasteiger partial charge on any atom is -0.481 e. The van der Waals surface area contributed by atoms with Crippen molar-refractivity contribution in [2.24, 2.45) is 5.92 Å². The van der Waals surface area contributed by atoms with E-state index >= 15 is 0 Å². The minimum absolute atomic E-state index is 0. The first-order valence-electron chi connectivity index (χ1n) is 9.55. The Kier molecular flexibility index (Phi) is 7.50. The van der Waals surface area contributed by atoms with Crippen molar-refractivity contribution in [3.8, 4) is 0 Å². The standard InChI is InChI=1S/C20H29N3O3.ClH/c1-23-19(26)22-14-20(23,11-8-16-9-12-21-13-10-16)17-5-2-15(3-6-17)4-7-18(24)25;/h2-3,5-6,16,21H,4,7-14H2,1H3,(H,22,26)(H,24,25);1H. The number of nitrogens with zero attached hydrogens (tertiary/aromatic N) is 1. The summed E-state index contributed by atoms with van der Waals surface area (Å²) < 4.78 is 0. The normalized spacial score (nSPS) is 23.0. The van der Waals surface area contributed by atoms with E-state index in [1.165, 1.54) is 12.8 Å². The summed E-state index contributed by atoms with van der Waals surface area (Å²) in [5.41, 5.74) is 1.84. The van der Waals surface area contributed by atoms with E-state index in [2.05, 4.69) is 22.8 Å². The second-order valence-electron chi connectivity index (χ2n) is 7.57. The van der Waals surface area contributed by atoms with Crippen molar-refractivity contribution in [3.63, 3.8) is 0 Å². The molecule has 6 nitrogen and oxygen atoms in total. The number of hydrogen-bond donors (Lipinski definition) is 3. The van der Waals surface area contributed by atoms with E-state index < -0.39 is 5.97 Å². The predicted molar refractivity (Wildman–Crippen MR) is 107 cm³/mol. The van der Waals surface area contributed by atoms with Gasteiger partial charge in [0.2, 0.25) is 0 Å². The molecule has 0 radical (unpaired) electrons. The average Bonchev–Trinajstić information content (AvgIpc) is 2.95. The van der Waals surface area contributed by atoms with Crippen LogP contribution in [-0.4, -0.2) is 48.7 Å². The number of urea groups is 1. The van der Waals surface area contributed by atoms with Crippen LogP contribution in [0.5, 0.6) is 0 Å². The number of carbonyl (C=O) groups is 2. The van der Waals surface area contributed by atoms with Crippen molar-refractivity contribution in [1.82, 2.24) is 15.5 Å². The van der Waals surface area contributed by atoms with Gasteiger partial charge in [-0.25, -0.2) is 4.79 Å². The SMILES string of the molecule is CN1C(=O)NCC1(CCC1CCNCC1)c1ccc(CCC(=O)O)cc1.Cl. The van der Waals surface area contributed by atoms with E-state index in [1.54, 1.807) is 0 Å².